The topological polar surface area (TPSA) is 100 Å². The molecule has 0 fully saturated rings. The third-order valence-corrected chi connectivity index (χ3v) is 9.78. The second-order valence-electron chi connectivity index (χ2n) is 10.9. The number of benzene rings is 5. The first-order chi connectivity index (χ1) is 24.3. The summed E-state index contributed by atoms with van der Waals surface area (Å²) in [6.45, 7) is 0. The molecule has 0 aliphatic carbocycles. The third-order valence-electron chi connectivity index (χ3n) is 7.27. The summed E-state index contributed by atoms with van der Waals surface area (Å²) < 4.78 is 0. The molecule has 1 aromatic heterocycles. The summed E-state index contributed by atoms with van der Waals surface area (Å²) in [4.78, 5) is 45.8. The highest BCUT2D eigenvalue weighted by Crippen LogP contribution is 2.38. The van der Waals surface area contributed by atoms with Crippen LogP contribution in [0.15, 0.2) is 149 Å². The first kappa shape index (κ1) is 34.7. The molecule has 5 aromatic carbocycles. The van der Waals surface area contributed by atoms with Gasteiger partial charge in [0.2, 0.25) is 5.91 Å². The summed E-state index contributed by atoms with van der Waals surface area (Å²) in [7, 11) is 0. The number of rotatable bonds is 11. The lowest BCUT2D eigenvalue weighted by Gasteiger charge is -2.17. The van der Waals surface area contributed by atoms with E-state index in [4.69, 9.17) is 23.2 Å². The number of thiazole rings is 1. The Kier molecular flexibility index (Phi) is 11.4. The number of nitrogens with zero attached hydrogens (tertiary/aromatic N) is 1. The molecule has 0 bridgehead atoms. The van der Waals surface area contributed by atoms with Gasteiger partial charge in [0.05, 0.1) is 5.69 Å². The minimum absolute atomic E-state index is 0.0437. The molecule has 0 saturated heterocycles. The lowest BCUT2D eigenvalue weighted by atomic mass is 10.1. The van der Waals surface area contributed by atoms with E-state index < -0.39 is 17.1 Å². The molecule has 0 spiro atoms. The Labute approximate surface area is 307 Å². The standard InChI is InChI=1S/C39H28Cl2N4O3S2/c40-29-18-14-25(15-19-29)22-33(43-36(46)28-10-5-2-6-11-28)37(47)42-31-12-7-13-32(23-31)50-35(27-8-3-1-4-9-27)38(48)45-39-44-34(24-49-39)26-16-20-30(41)21-17-26/h1-24,35H,(H,42,47)(H,43,46)(H,44,45,48)/b33-22-. The molecule has 1 atom stereocenters. The summed E-state index contributed by atoms with van der Waals surface area (Å²) in [5.74, 6) is -1.20. The van der Waals surface area contributed by atoms with Crippen molar-refractivity contribution < 1.29 is 14.4 Å². The molecule has 7 nitrogen and oxygen atoms in total. The molecular formula is C39H28Cl2N4O3S2. The summed E-state index contributed by atoms with van der Waals surface area (Å²) >= 11 is 14.8. The van der Waals surface area contributed by atoms with E-state index in [9.17, 15) is 14.4 Å². The van der Waals surface area contributed by atoms with Crippen molar-refractivity contribution in [3.63, 3.8) is 0 Å². The van der Waals surface area contributed by atoms with E-state index in [1.54, 1.807) is 84.9 Å². The zero-order valence-electron chi connectivity index (χ0n) is 26.2. The van der Waals surface area contributed by atoms with Gasteiger partial charge in [-0.15, -0.1) is 23.1 Å². The molecule has 0 saturated carbocycles. The van der Waals surface area contributed by atoms with Crippen molar-refractivity contribution in [3.05, 3.63) is 171 Å². The highest BCUT2D eigenvalue weighted by molar-refractivity contribution is 8.00. The van der Waals surface area contributed by atoms with Crippen molar-refractivity contribution in [2.75, 3.05) is 10.6 Å². The van der Waals surface area contributed by atoms with Crippen LogP contribution in [0.1, 0.15) is 26.7 Å². The maximum absolute atomic E-state index is 13.8. The Hall–Kier alpha value is -5.19. The lowest BCUT2D eigenvalue weighted by molar-refractivity contribution is -0.116. The monoisotopic (exact) mass is 734 g/mol. The van der Waals surface area contributed by atoms with Crippen LogP contribution in [0.3, 0.4) is 0 Å². The number of amides is 3. The largest absolute Gasteiger partial charge is 0.321 e. The second kappa shape index (κ2) is 16.5. The van der Waals surface area contributed by atoms with Gasteiger partial charge in [0, 0.05) is 37.1 Å². The predicted molar refractivity (Wildman–Crippen MR) is 205 cm³/mol. The zero-order valence-corrected chi connectivity index (χ0v) is 29.3. The van der Waals surface area contributed by atoms with Crippen molar-refractivity contribution in [1.82, 2.24) is 10.3 Å². The third kappa shape index (κ3) is 9.28. The number of thioether (sulfide) groups is 1. The smallest absolute Gasteiger partial charge is 0.272 e. The van der Waals surface area contributed by atoms with Gasteiger partial charge < -0.3 is 16.0 Å². The van der Waals surface area contributed by atoms with Gasteiger partial charge in [-0.05, 0) is 71.8 Å². The molecular weight excluding hydrogens is 707 g/mol. The van der Waals surface area contributed by atoms with Gasteiger partial charge >= 0.3 is 0 Å². The van der Waals surface area contributed by atoms with E-state index in [1.165, 1.54) is 23.1 Å². The number of carbonyl (C=O) groups is 3. The van der Waals surface area contributed by atoms with Gasteiger partial charge in [0.1, 0.15) is 10.9 Å². The highest BCUT2D eigenvalue weighted by atomic mass is 35.5. The lowest BCUT2D eigenvalue weighted by Crippen LogP contribution is -2.30. The molecule has 248 valence electrons. The van der Waals surface area contributed by atoms with E-state index in [-0.39, 0.29) is 11.6 Å². The average molecular weight is 736 g/mol. The molecule has 0 radical (unpaired) electrons. The number of anilines is 2. The average Bonchev–Trinajstić information content (AvgIpc) is 3.60. The highest BCUT2D eigenvalue weighted by Gasteiger charge is 2.24. The van der Waals surface area contributed by atoms with Gasteiger partial charge in [-0.1, -0.05) is 102 Å². The maximum atomic E-state index is 13.8. The first-order valence-corrected chi connectivity index (χ1v) is 17.8. The fourth-order valence-electron chi connectivity index (χ4n) is 4.81. The molecule has 1 heterocycles. The predicted octanol–water partition coefficient (Wildman–Crippen LogP) is 10.00. The number of aromatic nitrogens is 1. The molecule has 0 aliphatic rings. The minimum Gasteiger partial charge on any atom is -0.321 e. The second-order valence-corrected chi connectivity index (χ2v) is 13.8. The molecule has 0 aliphatic heterocycles. The molecule has 3 amide bonds. The van der Waals surface area contributed by atoms with Crippen LogP contribution in [0.25, 0.3) is 17.3 Å². The van der Waals surface area contributed by atoms with E-state index >= 15 is 0 Å². The van der Waals surface area contributed by atoms with Gasteiger partial charge in [0.25, 0.3) is 11.8 Å². The Morgan fingerprint density at radius 1 is 0.740 bits per heavy atom. The van der Waals surface area contributed by atoms with Crippen LogP contribution in [0, 0.1) is 0 Å². The fourth-order valence-corrected chi connectivity index (χ4v) is 6.86. The van der Waals surface area contributed by atoms with Crippen LogP contribution >= 0.6 is 46.3 Å². The zero-order chi connectivity index (χ0) is 34.9. The Morgan fingerprint density at radius 2 is 1.40 bits per heavy atom. The Morgan fingerprint density at radius 3 is 2.10 bits per heavy atom. The van der Waals surface area contributed by atoms with Crippen molar-refractivity contribution in [2.45, 2.75) is 10.1 Å². The van der Waals surface area contributed by atoms with Gasteiger partial charge in [-0.2, -0.15) is 0 Å². The fraction of sp³-hybridized carbons (Fsp3) is 0.0256. The minimum atomic E-state index is -0.629. The number of carbonyl (C=O) groups excluding carboxylic acids is 3. The van der Waals surface area contributed by atoms with Crippen molar-refractivity contribution in [1.29, 1.82) is 0 Å². The van der Waals surface area contributed by atoms with Gasteiger partial charge in [-0.25, -0.2) is 4.98 Å². The molecule has 6 rings (SSSR count). The molecule has 3 N–H and O–H groups in total. The van der Waals surface area contributed by atoms with Gasteiger partial charge in [0.15, 0.2) is 5.13 Å². The number of hydrogen-bond donors (Lipinski definition) is 3. The van der Waals surface area contributed by atoms with E-state index in [1.807, 2.05) is 60.0 Å². The van der Waals surface area contributed by atoms with Crippen molar-refractivity contribution in [3.8, 4) is 11.3 Å². The molecule has 50 heavy (non-hydrogen) atoms. The molecule has 6 aromatic rings. The summed E-state index contributed by atoms with van der Waals surface area (Å²) in [5, 5.41) is 11.5. The van der Waals surface area contributed by atoms with Crippen molar-refractivity contribution >= 4 is 80.9 Å². The van der Waals surface area contributed by atoms with E-state index in [2.05, 4.69) is 20.9 Å². The van der Waals surface area contributed by atoms with E-state index in [0.717, 1.165) is 21.7 Å². The van der Waals surface area contributed by atoms with Crippen LogP contribution in [0.2, 0.25) is 10.0 Å². The maximum Gasteiger partial charge on any atom is 0.272 e. The van der Waals surface area contributed by atoms with Crippen LogP contribution in [-0.2, 0) is 9.59 Å². The Bertz CT molecular complexity index is 2140. The number of halogens is 2. The van der Waals surface area contributed by atoms with Crippen LogP contribution in [0.5, 0.6) is 0 Å². The normalized spacial score (nSPS) is 11.8. The quantitative estimate of drug-likeness (QED) is 0.0909. The van der Waals surface area contributed by atoms with E-state index in [0.29, 0.717) is 32.0 Å². The SMILES string of the molecule is O=C(Nc1cccc(SC(C(=O)Nc2nc(-c3ccc(Cl)cc3)cs2)c2ccccc2)c1)/C(=C/c1ccc(Cl)cc1)NC(=O)c1ccccc1. The first-order valence-electron chi connectivity index (χ1n) is 15.3. The molecule has 11 heteroatoms. The summed E-state index contributed by atoms with van der Waals surface area (Å²) in [5.41, 5.74) is 4.04. The summed E-state index contributed by atoms with van der Waals surface area (Å²) in [6, 6.07) is 39.5. The van der Waals surface area contributed by atoms with Crippen molar-refractivity contribution in [2.24, 2.45) is 0 Å². The van der Waals surface area contributed by atoms with Crippen LogP contribution in [-0.4, -0.2) is 22.7 Å². The summed E-state index contributed by atoms with van der Waals surface area (Å²) in [6.07, 6.45) is 1.58. The number of hydrogen-bond acceptors (Lipinski definition) is 6. The van der Waals surface area contributed by atoms with Crippen LogP contribution < -0.4 is 16.0 Å². The molecule has 1 unspecified atom stereocenters. The van der Waals surface area contributed by atoms with Gasteiger partial charge in [-0.3, -0.25) is 14.4 Å². The Balaban J connectivity index is 1.20. The number of nitrogens with one attached hydrogen (secondary N) is 3. The van der Waals surface area contributed by atoms with Crippen LogP contribution in [0.4, 0.5) is 10.8 Å².